The highest BCUT2D eigenvalue weighted by Crippen LogP contribution is 2.34. The monoisotopic (exact) mass is 385 g/mol. The average Bonchev–Trinajstić information content (AvgIpc) is 2.82. The molecule has 0 aliphatic heterocycles. The van der Waals surface area contributed by atoms with Gasteiger partial charge in [-0.2, -0.15) is 0 Å². The minimum absolute atomic E-state index is 0.316. The summed E-state index contributed by atoms with van der Waals surface area (Å²) in [6.45, 7) is 6.17. The number of rotatable bonds is 3. The Morgan fingerprint density at radius 3 is 2.42 bits per heavy atom. The van der Waals surface area contributed by atoms with E-state index in [0.29, 0.717) is 12.1 Å². The summed E-state index contributed by atoms with van der Waals surface area (Å²) >= 11 is 3.59. The second-order valence-corrected chi connectivity index (χ2v) is 7.45. The number of hydrogen-bond donors (Lipinski definition) is 0. The smallest absolute Gasteiger partial charge is 0.235 e. The van der Waals surface area contributed by atoms with E-state index in [1.807, 2.05) is 13.0 Å². The molecule has 4 nitrogen and oxygen atoms in total. The van der Waals surface area contributed by atoms with Gasteiger partial charge < -0.3 is 4.74 Å². The molecule has 124 valence electrons. The maximum absolute atomic E-state index is 6.20. The molecular formula is C19H20BrN3O. The van der Waals surface area contributed by atoms with Gasteiger partial charge in [-0.05, 0) is 64.3 Å². The lowest BCUT2D eigenvalue weighted by Gasteiger charge is -2.27. The van der Waals surface area contributed by atoms with Crippen LogP contribution in [0.4, 0.5) is 0 Å². The van der Waals surface area contributed by atoms with Crippen molar-refractivity contribution in [1.29, 1.82) is 0 Å². The third kappa shape index (κ3) is 2.61. The van der Waals surface area contributed by atoms with Gasteiger partial charge in [0.15, 0.2) is 0 Å². The van der Waals surface area contributed by atoms with Crippen LogP contribution in [0.2, 0.25) is 0 Å². The molecule has 0 N–H and O–H groups in total. The fourth-order valence-electron chi connectivity index (χ4n) is 3.14. The van der Waals surface area contributed by atoms with Crippen LogP contribution in [0.15, 0.2) is 28.7 Å². The van der Waals surface area contributed by atoms with Crippen molar-refractivity contribution in [1.82, 2.24) is 14.5 Å². The predicted molar refractivity (Wildman–Crippen MR) is 99.0 cm³/mol. The van der Waals surface area contributed by atoms with E-state index in [2.05, 4.69) is 52.5 Å². The van der Waals surface area contributed by atoms with Crippen molar-refractivity contribution in [3.8, 4) is 11.7 Å². The largest absolute Gasteiger partial charge is 0.488 e. The molecule has 4 rings (SSSR count). The summed E-state index contributed by atoms with van der Waals surface area (Å²) in [6, 6.07) is 8.26. The molecule has 5 heteroatoms. The standard InChI is InChI=1S/C19H20BrN3O/c1-11-7-8-12(2)23(11)19-21-13(3)16-9-14(20)10-17(18(16)22-19)24-15-5-4-6-15/h7-10,15H,4-6H2,1-3H3. The lowest BCUT2D eigenvalue weighted by atomic mass is 9.96. The topological polar surface area (TPSA) is 39.9 Å². The number of aromatic nitrogens is 3. The van der Waals surface area contributed by atoms with Gasteiger partial charge in [0.2, 0.25) is 5.95 Å². The Morgan fingerprint density at radius 2 is 1.79 bits per heavy atom. The summed E-state index contributed by atoms with van der Waals surface area (Å²) in [5, 5.41) is 1.03. The van der Waals surface area contributed by atoms with E-state index >= 15 is 0 Å². The van der Waals surface area contributed by atoms with Crippen molar-refractivity contribution in [2.24, 2.45) is 0 Å². The van der Waals surface area contributed by atoms with Crippen molar-refractivity contribution in [3.63, 3.8) is 0 Å². The van der Waals surface area contributed by atoms with E-state index in [-0.39, 0.29) is 0 Å². The van der Waals surface area contributed by atoms with Crippen LogP contribution in [0.3, 0.4) is 0 Å². The van der Waals surface area contributed by atoms with Crippen LogP contribution in [0, 0.1) is 20.8 Å². The van der Waals surface area contributed by atoms with Gasteiger partial charge >= 0.3 is 0 Å². The molecule has 0 amide bonds. The van der Waals surface area contributed by atoms with Crippen LogP contribution in [0.25, 0.3) is 16.9 Å². The Labute approximate surface area is 150 Å². The van der Waals surface area contributed by atoms with Crippen LogP contribution in [-0.4, -0.2) is 20.6 Å². The minimum Gasteiger partial charge on any atom is -0.488 e. The second-order valence-electron chi connectivity index (χ2n) is 6.53. The summed E-state index contributed by atoms with van der Waals surface area (Å²) in [6.07, 6.45) is 3.82. The van der Waals surface area contributed by atoms with Crippen molar-refractivity contribution in [2.45, 2.75) is 46.1 Å². The summed E-state index contributed by atoms with van der Waals surface area (Å²) < 4.78 is 9.28. The summed E-state index contributed by atoms with van der Waals surface area (Å²) in [7, 11) is 0. The van der Waals surface area contributed by atoms with E-state index in [1.54, 1.807) is 0 Å². The van der Waals surface area contributed by atoms with Crippen LogP contribution in [-0.2, 0) is 0 Å². The molecule has 1 aliphatic carbocycles. The van der Waals surface area contributed by atoms with Gasteiger partial charge in [0.1, 0.15) is 11.3 Å². The van der Waals surface area contributed by atoms with Crippen molar-refractivity contribution >= 4 is 26.8 Å². The molecule has 1 aromatic carbocycles. The first-order chi connectivity index (χ1) is 11.5. The van der Waals surface area contributed by atoms with Crippen LogP contribution in [0.1, 0.15) is 36.3 Å². The lowest BCUT2D eigenvalue weighted by Crippen LogP contribution is -2.24. The first-order valence-corrected chi connectivity index (χ1v) is 9.12. The molecule has 0 radical (unpaired) electrons. The summed E-state index contributed by atoms with van der Waals surface area (Å²) in [5.74, 6) is 1.55. The third-order valence-electron chi connectivity index (χ3n) is 4.73. The number of benzene rings is 1. The molecule has 1 saturated carbocycles. The molecule has 1 aliphatic rings. The van der Waals surface area contributed by atoms with Gasteiger partial charge in [-0.1, -0.05) is 15.9 Å². The van der Waals surface area contributed by atoms with Crippen LogP contribution in [0.5, 0.6) is 5.75 Å². The quantitative estimate of drug-likeness (QED) is 0.633. The van der Waals surface area contributed by atoms with Gasteiger partial charge in [0.05, 0.1) is 11.8 Å². The van der Waals surface area contributed by atoms with E-state index < -0.39 is 0 Å². The molecule has 0 atom stereocenters. The van der Waals surface area contributed by atoms with Crippen molar-refractivity contribution < 1.29 is 4.74 Å². The Morgan fingerprint density at radius 1 is 1.08 bits per heavy atom. The fourth-order valence-corrected chi connectivity index (χ4v) is 3.58. The van der Waals surface area contributed by atoms with Gasteiger partial charge in [0.25, 0.3) is 0 Å². The molecule has 0 saturated heterocycles. The van der Waals surface area contributed by atoms with E-state index in [4.69, 9.17) is 14.7 Å². The summed E-state index contributed by atoms with van der Waals surface area (Å²) in [5.41, 5.74) is 4.11. The third-order valence-corrected chi connectivity index (χ3v) is 5.18. The van der Waals surface area contributed by atoms with Crippen molar-refractivity contribution in [2.75, 3.05) is 0 Å². The number of aryl methyl sites for hydroxylation is 3. The number of hydrogen-bond acceptors (Lipinski definition) is 3. The zero-order valence-electron chi connectivity index (χ0n) is 14.1. The van der Waals surface area contributed by atoms with Crippen molar-refractivity contribution in [3.05, 3.63) is 45.8 Å². The lowest BCUT2D eigenvalue weighted by molar-refractivity contribution is 0.122. The molecule has 2 aromatic heterocycles. The molecule has 1 fully saturated rings. The maximum Gasteiger partial charge on any atom is 0.235 e. The fraction of sp³-hybridized carbons (Fsp3) is 0.368. The number of nitrogens with zero attached hydrogens (tertiary/aromatic N) is 3. The highest BCUT2D eigenvalue weighted by Gasteiger charge is 2.22. The van der Waals surface area contributed by atoms with Gasteiger partial charge in [-0.25, -0.2) is 9.97 Å². The van der Waals surface area contributed by atoms with E-state index in [0.717, 1.165) is 51.0 Å². The first-order valence-electron chi connectivity index (χ1n) is 8.33. The average molecular weight is 386 g/mol. The maximum atomic E-state index is 6.20. The Kier molecular flexibility index (Phi) is 3.83. The zero-order valence-corrected chi connectivity index (χ0v) is 15.7. The molecule has 0 unspecified atom stereocenters. The normalized spacial score (nSPS) is 14.8. The van der Waals surface area contributed by atoms with Crippen LogP contribution >= 0.6 is 15.9 Å². The summed E-state index contributed by atoms with van der Waals surface area (Å²) in [4.78, 5) is 9.60. The van der Waals surface area contributed by atoms with Crippen LogP contribution < -0.4 is 4.74 Å². The number of halogens is 1. The SMILES string of the molecule is Cc1nc(-n2c(C)ccc2C)nc2c(OC3CCC3)cc(Br)cc12. The molecule has 2 heterocycles. The number of ether oxygens (including phenoxy) is 1. The Balaban J connectivity index is 1.92. The number of fused-ring (bicyclic) bond motifs is 1. The van der Waals surface area contributed by atoms with Gasteiger partial charge in [0, 0.05) is 21.2 Å². The molecule has 3 aromatic rings. The second kappa shape index (κ2) is 5.88. The molecule has 24 heavy (non-hydrogen) atoms. The molecular weight excluding hydrogens is 366 g/mol. The Bertz CT molecular complexity index is 908. The highest BCUT2D eigenvalue weighted by atomic mass is 79.9. The van der Waals surface area contributed by atoms with E-state index in [1.165, 1.54) is 6.42 Å². The van der Waals surface area contributed by atoms with Gasteiger partial charge in [-0.15, -0.1) is 0 Å². The highest BCUT2D eigenvalue weighted by molar-refractivity contribution is 9.10. The van der Waals surface area contributed by atoms with Gasteiger partial charge in [-0.3, -0.25) is 4.57 Å². The zero-order chi connectivity index (χ0) is 16.8. The predicted octanol–water partition coefficient (Wildman–Crippen LogP) is 5.04. The molecule has 0 spiro atoms. The first kappa shape index (κ1) is 15.6. The molecule has 0 bridgehead atoms. The Hall–Kier alpha value is -1.88. The van der Waals surface area contributed by atoms with E-state index in [9.17, 15) is 0 Å². The minimum atomic E-state index is 0.316.